The van der Waals surface area contributed by atoms with E-state index >= 15 is 0 Å². The number of aromatic nitrogens is 1. The van der Waals surface area contributed by atoms with E-state index in [1.165, 1.54) is 12.0 Å². The number of aryl methyl sites for hydroxylation is 1. The van der Waals surface area contributed by atoms with Crippen molar-refractivity contribution in [1.29, 1.82) is 0 Å². The van der Waals surface area contributed by atoms with Crippen LogP contribution in [0, 0.1) is 12.8 Å². The molecule has 1 aromatic carbocycles. The Balaban J connectivity index is 1.47. The molecule has 1 atom stereocenters. The molecule has 1 aromatic heterocycles. The Labute approximate surface area is 149 Å². The summed E-state index contributed by atoms with van der Waals surface area (Å²) in [5.74, 6) is 1.57. The lowest BCUT2D eigenvalue weighted by atomic mass is 10.1. The van der Waals surface area contributed by atoms with E-state index in [1.54, 1.807) is 7.05 Å². The fourth-order valence-electron chi connectivity index (χ4n) is 3.28. The molecule has 5 heteroatoms. The highest BCUT2D eigenvalue weighted by Crippen LogP contribution is 2.19. The van der Waals surface area contributed by atoms with Crippen LogP contribution in [0.3, 0.4) is 0 Å². The molecule has 1 amide bonds. The van der Waals surface area contributed by atoms with Crippen molar-refractivity contribution >= 4 is 11.7 Å². The zero-order valence-electron chi connectivity index (χ0n) is 15.0. The molecule has 1 fully saturated rings. The minimum absolute atomic E-state index is 0.0383. The fraction of sp³-hybridized carbons (Fsp3) is 0.400. The first kappa shape index (κ1) is 17.4. The van der Waals surface area contributed by atoms with Crippen molar-refractivity contribution < 1.29 is 4.79 Å². The molecule has 2 heterocycles. The monoisotopic (exact) mass is 338 g/mol. The molecule has 0 bridgehead atoms. The van der Waals surface area contributed by atoms with Gasteiger partial charge in [-0.1, -0.05) is 18.2 Å². The third-order valence-corrected chi connectivity index (χ3v) is 4.68. The summed E-state index contributed by atoms with van der Waals surface area (Å²) in [6, 6.07) is 14.0. The van der Waals surface area contributed by atoms with Gasteiger partial charge in [0.15, 0.2) is 0 Å². The molecule has 2 aromatic rings. The van der Waals surface area contributed by atoms with Crippen LogP contribution in [-0.4, -0.2) is 42.5 Å². The molecule has 0 spiro atoms. The van der Waals surface area contributed by atoms with Gasteiger partial charge in [-0.3, -0.25) is 9.69 Å². The number of rotatable bonds is 6. The van der Waals surface area contributed by atoms with Crippen molar-refractivity contribution in [2.24, 2.45) is 5.92 Å². The first-order valence-electron chi connectivity index (χ1n) is 8.85. The Morgan fingerprint density at radius 2 is 2.04 bits per heavy atom. The van der Waals surface area contributed by atoms with Gasteiger partial charge in [0.2, 0.25) is 0 Å². The average Bonchev–Trinajstić information content (AvgIpc) is 3.07. The lowest BCUT2D eigenvalue weighted by Gasteiger charge is -2.17. The molecule has 1 saturated heterocycles. The number of amides is 1. The quantitative estimate of drug-likeness (QED) is 0.850. The third-order valence-electron chi connectivity index (χ3n) is 4.68. The number of benzene rings is 1. The van der Waals surface area contributed by atoms with Crippen LogP contribution in [0.4, 0.5) is 5.82 Å². The highest BCUT2D eigenvalue weighted by molar-refractivity contribution is 5.93. The van der Waals surface area contributed by atoms with Crippen molar-refractivity contribution in [2.75, 3.05) is 32.0 Å². The third kappa shape index (κ3) is 4.79. The van der Waals surface area contributed by atoms with Gasteiger partial charge in [-0.05, 0) is 55.6 Å². The molecule has 0 radical (unpaired) electrons. The van der Waals surface area contributed by atoms with Crippen LogP contribution in [0.5, 0.6) is 0 Å². The van der Waals surface area contributed by atoms with Gasteiger partial charge in [0.1, 0.15) is 5.82 Å². The Morgan fingerprint density at radius 3 is 2.76 bits per heavy atom. The lowest BCUT2D eigenvalue weighted by Crippen LogP contribution is -2.23. The predicted octanol–water partition coefficient (Wildman–Crippen LogP) is 2.68. The molecule has 0 saturated carbocycles. The summed E-state index contributed by atoms with van der Waals surface area (Å²) in [5.41, 5.74) is 3.00. The maximum absolute atomic E-state index is 11.6. The second-order valence-corrected chi connectivity index (χ2v) is 6.71. The normalized spacial score (nSPS) is 17.4. The molecule has 132 valence electrons. The number of hydrogen-bond acceptors (Lipinski definition) is 4. The van der Waals surface area contributed by atoms with Crippen molar-refractivity contribution in [1.82, 2.24) is 15.2 Å². The maximum atomic E-state index is 11.6. The largest absolute Gasteiger partial charge is 0.370 e. The summed E-state index contributed by atoms with van der Waals surface area (Å²) in [5, 5.41) is 6.11. The number of nitrogens with zero attached hydrogens (tertiary/aromatic N) is 2. The Morgan fingerprint density at radius 1 is 1.24 bits per heavy atom. The molecule has 5 nitrogen and oxygen atoms in total. The van der Waals surface area contributed by atoms with E-state index in [9.17, 15) is 4.79 Å². The molecule has 0 aliphatic carbocycles. The summed E-state index contributed by atoms with van der Waals surface area (Å²) >= 11 is 0. The summed E-state index contributed by atoms with van der Waals surface area (Å²) < 4.78 is 0. The second kappa shape index (κ2) is 8.12. The van der Waals surface area contributed by atoms with Crippen molar-refractivity contribution in [2.45, 2.75) is 19.9 Å². The van der Waals surface area contributed by atoms with E-state index < -0.39 is 0 Å². The molecule has 2 N–H and O–H groups in total. The standard InChI is InChI=1S/C20H26N4O/c1-15-4-3-5-19(23-15)22-12-17-10-11-24(14-17)13-16-6-8-18(9-7-16)20(25)21-2/h3-9,17H,10-14H2,1-2H3,(H,21,25)(H,22,23)/t17-/m1/s1. The minimum Gasteiger partial charge on any atom is -0.370 e. The number of likely N-dealkylation sites (tertiary alicyclic amines) is 1. The molecular formula is C20H26N4O. The van der Waals surface area contributed by atoms with Gasteiger partial charge in [0.25, 0.3) is 5.91 Å². The number of nitrogens with one attached hydrogen (secondary N) is 2. The summed E-state index contributed by atoms with van der Waals surface area (Å²) in [4.78, 5) is 18.6. The van der Waals surface area contributed by atoms with Crippen LogP contribution >= 0.6 is 0 Å². The van der Waals surface area contributed by atoms with Crippen LogP contribution in [-0.2, 0) is 6.54 Å². The van der Waals surface area contributed by atoms with Crippen molar-refractivity contribution in [3.05, 3.63) is 59.3 Å². The molecule has 0 unspecified atom stereocenters. The predicted molar refractivity (Wildman–Crippen MR) is 101 cm³/mol. The van der Waals surface area contributed by atoms with E-state index in [0.29, 0.717) is 11.5 Å². The first-order chi connectivity index (χ1) is 12.1. The topological polar surface area (TPSA) is 57.3 Å². The van der Waals surface area contributed by atoms with Crippen LogP contribution in [0.1, 0.15) is 28.0 Å². The SMILES string of the molecule is CNC(=O)c1ccc(CN2CC[C@H](CNc3cccc(C)n3)C2)cc1. The van der Waals surface area contributed by atoms with E-state index in [2.05, 4.69) is 20.5 Å². The summed E-state index contributed by atoms with van der Waals surface area (Å²) in [6.07, 6.45) is 1.20. The number of carbonyl (C=O) groups excluding carboxylic acids is 1. The highest BCUT2D eigenvalue weighted by Gasteiger charge is 2.22. The van der Waals surface area contributed by atoms with Crippen molar-refractivity contribution in [3.63, 3.8) is 0 Å². The van der Waals surface area contributed by atoms with Gasteiger partial charge in [-0.15, -0.1) is 0 Å². The Hall–Kier alpha value is -2.40. The molecule has 1 aliphatic rings. The fourth-order valence-corrected chi connectivity index (χ4v) is 3.28. The van der Waals surface area contributed by atoms with Crippen LogP contribution in [0.2, 0.25) is 0 Å². The number of hydrogen-bond donors (Lipinski definition) is 2. The molecular weight excluding hydrogens is 312 g/mol. The number of pyridine rings is 1. The Kier molecular flexibility index (Phi) is 5.66. The second-order valence-electron chi connectivity index (χ2n) is 6.71. The maximum Gasteiger partial charge on any atom is 0.251 e. The van der Waals surface area contributed by atoms with E-state index in [-0.39, 0.29) is 5.91 Å². The molecule has 1 aliphatic heterocycles. The smallest absolute Gasteiger partial charge is 0.251 e. The average molecular weight is 338 g/mol. The van der Waals surface area contributed by atoms with Gasteiger partial charge < -0.3 is 10.6 Å². The van der Waals surface area contributed by atoms with Gasteiger partial charge in [-0.25, -0.2) is 4.98 Å². The van der Waals surface area contributed by atoms with Gasteiger partial charge in [0, 0.05) is 37.9 Å². The summed E-state index contributed by atoms with van der Waals surface area (Å²) in [7, 11) is 1.65. The number of anilines is 1. The van der Waals surface area contributed by atoms with E-state index in [0.717, 1.165) is 37.7 Å². The van der Waals surface area contributed by atoms with E-state index in [1.807, 2.05) is 49.4 Å². The van der Waals surface area contributed by atoms with Crippen LogP contribution < -0.4 is 10.6 Å². The van der Waals surface area contributed by atoms with Crippen LogP contribution in [0.25, 0.3) is 0 Å². The first-order valence-corrected chi connectivity index (χ1v) is 8.85. The van der Waals surface area contributed by atoms with Gasteiger partial charge in [0.05, 0.1) is 0 Å². The zero-order chi connectivity index (χ0) is 17.6. The number of carbonyl (C=O) groups is 1. The molecule has 3 rings (SSSR count). The molecule has 25 heavy (non-hydrogen) atoms. The van der Waals surface area contributed by atoms with Crippen molar-refractivity contribution in [3.8, 4) is 0 Å². The Bertz CT molecular complexity index is 714. The zero-order valence-corrected chi connectivity index (χ0v) is 15.0. The van der Waals surface area contributed by atoms with E-state index in [4.69, 9.17) is 0 Å². The van der Waals surface area contributed by atoms with Crippen LogP contribution in [0.15, 0.2) is 42.5 Å². The summed E-state index contributed by atoms with van der Waals surface area (Å²) in [6.45, 7) is 6.12. The van der Waals surface area contributed by atoms with Gasteiger partial charge in [-0.2, -0.15) is 0 Å². The lowest BCUT2D eigenvalue weighted by molar-refractivity contribution is 0.0963. The van der Waals surface area contributed by atoms with Gasteiger partial charge >= 0.3 is 0 Å². The highest BCUT2D eigenvalue weighted by atomic mass is 16.1. The minimum atomic E-state index is -0.0383.